The highest BCUT2D eigenvalue weighted by molar-refractivity contribution is 6.31. The zero-order chi connectivity index (χ0) is 12.5. The van der Waals surface area contributed by atoms with Crippen LogP contribution < -0.4 is 5.73 Å². The molecule has 0 atom stereocenters. The number of anilines is 1. The summed E-state index contributed by atoms with van der Waals surface area (Å²) in [6.07, 6.45) is 0. The van der Waals surface area contributed by atoms with Gasteiger partial charge in [0.05, 0.1) is 43.8 Å². The van der Waals surface area contributed by atoms with E-state index in [-0.39, 0.29) is 0 Å². The molecule has 5 nitrogen and oxygen atoms in total. The lowest BCUT2D eigenvalue weighted by Crippen LogP contribution is -2.09. The van der Waals surface area contributed by atoms with Crippen molar-refractivity contribution in [3.63, 3.8) is 0 Å². The number of aromatic nitrogens is 1. The molecule has 1 aromatic rings. The topological polar surface area (TPSA) is 66.6 Å². The first-order valence-corrected chi connectivity index (χ1v) is 5.67. The fourth-order valence-electron chi connectivity index (χ4n) is 1.13. The zero-order valence-electron chi connectivity index (χ0n) is 9.82. The zero-order valence-corrected chi connectivity index (χ0v) is 10.6. The van der Waals surface area contributed by atoms with Crippen LogP contribution in [0.3, 0.4) is 0 Å². The van der Waals surface area contributed by atoms with Crippen LogP contribution in [0.15, 0.2) is 12.1 Å². The Morgan fingerprint density at radius 1 is 1.18 bits per heavy atom. The Bertz CT molecular complexity index is 336. The van der Waals surface area contributed by atoms with E-state index >= 15 is 0 Å². The Balaban J connectivity index is 2.15. The van der Waals surface area contributed by atoms with Crippen molar-refractivity contribution in [2.24, 2.45) is 0 Å². The Morgan fingerprint density at radius 2 is 1.88 bits per heavy atom. The van der Waals surface area contributed by atoms with Gasteiger partial charge in [0, 0.05) is 7.11 Å². The highest BCUT2D eigenvalue weighted by Gasteiger charge is 2.02. The van der Waals surface area contributed by atoms with Crippen molar-refractivity contribution in [1.82, 2.24) is 4.98 Å². The number of nitrogens with zero attached hydrogens (tertiary/aromatic N) is 1. The summed E-state index contributed by atoms with van der Waals surface area (Å²) in [6.45, 7) is 2.48. The fraction of sp³-hybridized carbons (Fsp3) is 0.545. The molecule has 0 bridgehead atoms. The van der Waals surface area contributed by atoms with Crippen LogP contribution >= 0.6 is 11.6 Å². The molecule has 0 radical (unpaired) electrons. The molecule has 0 aromatic carbocycles. The highest BCUT2D eigenvalue weighted by Crippen LogP contribution is 2.15. The van der Waals surface area contributed by atoms with Gasteiger partial charge in [-0.3, -0.25) is 0 Å². The maximum absolute atomic E-state index is 5.93. The van der Waals surface area contributed by atoms with Gasteiger partial charge in [0.25, 0.3) is 0 Å². The van der Waals surface area contributed by atoms with Crippen LogP contribution in [-0.4, -0.2) is 38.5 Å². The predicted molar refractivity (Wildman–Crippen MR) is 66.0 cm³/mol. The van der Waals surface area contributed by atoms with Crippen molar-refractivity contribution < 1.29 is 14.2 Å². The lowest BCUT2D eigenvalue weighted by atomic mass is 10.3. The minimum atomic E-state index is 0.331. The number of halogens is 1. The van der Waals surface area contributed by atoms with Crippen LogP contribution in [0.4, 0.5) is 5.82 Å². The molecule has 96 valence electrons. The number of ether oxygens (including phenoxy) is 3. The molecule has 1 heterocycles. The Hall–Kier alpha value is -0.880. The third-order valence-electron chi connectivity index (χ3n) is 1.98. The molecule has 0 saturated carbocycles. The van der Waals surface area contributed by atoms with Crippen molar-refractivity contribution in [3.8, 4) is 0 Å². The van der Waals surface area contributed by atoms with Gasteiger partial charge in [0.2, 0.25) is 0 Å². The second kappa shape index (κ2) is 8.25. The second-order valence-corrected chi connectivity index (χ2v) is 3.73. The molecule has 1 aromatic heterocycles. The number of rotatable bonds is 8. The van der Waals surface area contributed by atoms with Gasteiger partial charge in [0.15, 0.2) is 0 Å². The van der Waals surface area contributed by atoms with E-state index in [1.807, 2.05) is 0 Å². The molecule has 0 aliphatic rings. The maximum Gasteiger partial charge on any atom is 0.123 e. The summed E-state index contributed by atoms with van der Waals surface area (Å²) >= 11 is 5.93. The van der Waals surface area contributed by atoms with E-state index in [4.69, 9.17) is 31.5 Å². The van der Waals surface area contributed by atoms with Gasteiger partial charge in [-0.15, -0.1) is 0 Å². The van der Waals surface area contributed by atoms with Crippen LogP contribution in [0, 0.1) is 0 Å². The first-order chi connectivity index (χ1) is 8.24. The Labute approximate surface area is 106 Å². The van der Waals surface area contributed by atoms with Crippen molar-refractivity contribution in [3.05, 3.63) is 22.8 Å². The van der Waals surface area contributed by atoms with Crippen LogP contribution in [0.2, 0.25) is 5.02 Å². The Kier molecular flexibility index (Phi) is 6.88. The maximum atomic E-state index is 5.93. The number of hydrogen-bond donors (Lipinski definition) is 1. The van der Waals surface area contributed by atoms with E-state index in [1.54, 1.807) is 19.2 Å². The van der Waals surface area contributed by atoms with Crippen molar-refractivity contribution in [1.29, 1.82) is 0 Å². The second-order valence-electron chi connectivity index (χ2n) is 3.32. The van der Waals surface area contributed by atoms with E-state index in [0.29, 0.717) is 49.6 Å². The molecule has 6 heteroatoms. The number of methoxy groups -OCH3 is 1. The first kappa shape index (κ1) is 14.2. The summed E-state index contributed by atoms with van der Waals surface area (Å²) in [5.41, 5.74) is 6.19. The minimum Gasteiger partial charge on any atom is -0.384 e. The van der Waals surface area contributed by atoms with Gasteiger partial charge in [0.1, 0.15) is 5.82 Å². The molecule has 0 spiro atoms. The van der Waals surface area contributed by atoms with E-state index in [0.717, 1.165) is 0 Å². The molecule has 0 aliphatic carbocycles. The van der Waals surface area contributed by atoms with E-state index < -0.39 is 0 Å². The monoisotopic (exact) mass is 260 g/mol. The van der Waals surface area contributed by atoms with Crippen molar-refractivity contribution in [2.75, 3.05) is 39.3 Å². The fourth-order valence-corrected chi connectivity index (χ4v) is 1.29. The largest absolute Gasteiger partial charge is 0.384 e. The molecule has 0 amide bonds. The normalized spacial score (nSPS) is 10.7. The predicted octanol–water partition coefficient (Wildman–Crippen LogP) is 1.50. The smallest absolute Gasteiger partial charge is 0.123 e. The van der Waals surface area contributed by atoms with E-state index in [1.165, 1.54) is 0 Å². The molecule has 0 fully saturated rings. The highest BCUT2D eigenvalue weighted by atomic mass is 35.5. The van der Waals surface area contributed by atoms with Gasteiger partial charge in [-0.1, -0.05) is 11.6 Å². The molecular weight excluding hydrogens is 244 g/mol. The van der Waals surface area contributed by atoms with Crippen LogP contribution in [0.25, 0.3) is 0 Å². The SMILES string of the molecule is COCCOCCOCc1nc(N)ccc1Cl. The standard InChI is InChI=1S/C11H17ClN2O3/c1-15-4-5-16-6-7-17-8-10-9(12)2-3-11(13)14-10/h2-3H,4-8H2,1H3,(H2,13,14). The summed E-state index contributed by atoms with van der Waals surface area (Å²) in [4.78, 5) is 4.08. The lowest BCUT2D eigenvalue weighted by molar-refractivity contribution is 0.0193. The van der Waals surface area contributed by atoms with E-state index in [2.05, 4.69) is 4.98 Å². The van der Waals surface area contributed by atoms with E-state index in [9.17, 15) is 0 Å². The lowest BCUT2D eigenvalue weighted by Gasteiger charge is -2.06. The first-order valence-electron chi connectivity index (χ1n) is 5.29. The summed E-state index contributed by atoms with van der Waals surface area (Å²) in [7, 11) is 1.63. The van der Waals surface area contributed by atoms with Gasteiger partial charge >= 0.3 is 0 Å². The van der Waals surface area contributed by atoms with Gasteiger partial charge < -0.3 is 19.9 Å². The molecule has 17 heavy (non-hydrogen) atoms. The summed E-state index contributed by atoms with van der Waals surface area (Å²) in [5, 5.41) is 0.555. The molecule has 2 N–H and O–H groups in total. The number of hydrogen-bond acceptors (Lipinski definition) is 5. The summed E-state index contributed by atoms with van der Waals surface area (Å²) in [5.74, 6) is 0.435. The van der Waals surface area contributed by atoms with Crippen LogP contribution in [0.5, 0.6) is 0 Å². The molecule has 0 saturated heterocycles. The molecular formula is C11H17ClN2O3. The molecule has 0 aliphatic heterocycles. The van der Waals surface area contributed by atoms with Gasteiger partial charge in [-0.2, -0.15) is 0 Å². The average molecular weight is 261 g/mol. The molecule has 1 rings (SSSR count). The molecule has 0 unspecified atom stereocenters. The number of pyridine rings is 1. The van der Waals surface area contributed by atoms with Gasteiger partial charge in [-0.05, 0) is 12.1 Å². The third-order valence-corrected chi connectivity index (χ3v) is 2.33. The third kappa shape index (κ3) is 5.83. The van der Waals surface area contributed by atoms with Crippen molar-refractivity contribution >= 4 is 17.4 Å². The van der Waals surface area contributed by atoms with Gasteiger partial charge in [-0.25, -0.2) is 4.98 Å². The summed E-state index contributed by atoms with van der Waals surface area (Å²) in [6, 6.07) is 3.36. The summed E-state index contributed by atoms with van der Waals surface area (Å²) < 4.78 is 15.4. The van der Waals surface area contributed by atoms with Crippen LogP contribution in [-0.2, 0) is 20.8 Å². The Morgan fingerprint density at radius 3 is 2.65 bits per heavy atom. The van der Waals surface area contributed by atoms with Crippen LogP contribution in [0.1, 0.15) is 5.69 Å². The number of nitrogens with two attached hydrogens (primary N) is 1. The number of nitrogen functional groups attached to an aromatic ring is 1. The average Bonchev–Trinajstić information content (AvgIpc) is 2.32. The minimum absolute atomic E-state index is 0.331. The van der Waals surface area contributed by atoms with Crippen molar-refractivity contribution in [2.45, 2.75) is 6.61 Å². The quantitative estimate of drug-likeness (QED) is 0.718.